The monoisotopic (exact) mass is 653 g/mol. The summed E-state index contributed by atoms with van der Waals surface area (Å²) >= 11 is 12.9. The molecule has 0 aromatic heterocycles. The number of halogens is 2. The largest absolute Gasteiger partial charge is 0.457 e. The molecular formula is C33H33Cl2N3O5S. The van der Waals surface area contributed by atoms with E-state index >= 15 is 0 Å². The molecular weight excluding hydrogens is 621 g/mol. The van der Waals surface area contributed by atoms with Crippen molar-refractivity contribution in [3.05, 3.63) is 119 Å². The van der Waals surface area contributed by atoms with E-state index in [-0.39, 0.29) is 23.0 Å². The van der Waals surface area contributed by atoms with Crippen molar-refractivity contribution in [3.8, 4) is 11.5 Å². The van der Waals surface area contributed by atoms with Gasteiger partial charge in [-0.1, -0.05) is 72.6 Å². The maximum atomic E-state index is 14.1. The molecule has 8 nitrogen and oxygen atoms in total. The van der Waals surface area contributed by atoms with Gasteiger partial charge >= 0.3 is 0 Å². The topological polar surface area (TPSA) is 96.0 Å². The molecule has 0 bridgehead atoms. The number of ether oxygens (including phenoxy) is 1. The first-order valence-corrected chi connectivity index (χ1v) is 16.2. The van der Waals surface area contributed by atoms with Gasteiger partial charge in [0.1, 0.15) is 24.1 Å². The van der Waals surface area contributed by atoms with Crippen LogP contribution in [0.2, 0.25) is 10.0 Å². The van der Waals surface area contributed by atoms with Crippen molar-refractivity contribution in [2.24, 2.45) is 0 Å². The lowest BCUT2D eigenvalue weighted by Crippen LogP contribution is -2.51. The first-order valence-electron chi connectivity index (χ1n) is 14.0. The lowest BCUT2D eigenvalue weighted by Gasteiger charge is -2.32. The molecule has 0 radical (unpaired) electrons. The van der Waals surface area contributed by atoms with E-state index in [1.54, 1.807) is 79.7 Å². The van der Waals surface area contributed by atoms with E-state index in [0.717, 1.165) is 4.31 Å². The second-order valence-electron chi connectivity index (χ2n) is 9.92. The zero-order valence-corrected chi connectivity index (χ0v) is 26.6. The molecule has 4 rings (SSSR count). The number of hydrogen-bond acceptors (Lipinski definition) is 5. The third-order valence-corrected chi connectivity index (χ3v) is 9.32. The Balaban J connectivity index is 1.71. The Bertz CT molecular complexity index is 1650. The summed E-state index contributed by atoms with van der Waals surface area (Å²) in [6.07, 6.45) is 0.704. The number of sulfonamides is 1. The molecule has 0 unspecified atom stereocenters. The van der Waals surface area contributed by atoms with E-state index in [9.17, 15) is 18.0 Å². The molecule has 0 aliphatic rings. The zero-order valence-electron chi connectivity index (χ0n) is 24.3. The van der Waals surface area contributed by atoms with Gasteiger partial charge in [-0.05, 0) is 74.0 Å². The molecule has 0 saturated carbocycles. The number of rotatable bonds is 13. The molecule has 2 amide bonds. The molecule has 0 heterocycles. The molecule has 0 fully saturated rings. The third-order valence-electron chi connectivity index (χ3n) is 6.82. The number of carbonyl (C=O) groups is 2. The molecule has 0 aliphatic heterocycles. The average molecular weight is 655 g/mol. The molecule has 0 spiro atoms. The maximum absolute atomic E-state index is 14.1. The summed E-state index contributed by atoms with van der Waals surface area (Å²) in [7, 11) is -4.21. The summed E-state index contributed by atoms with van der Waals surface area (Å²) in [4.78, 5) is 28.4. The summed E-state index contributed by atoms with van der Waals surface area (Å²) in [5.41, 5.74) is 0.681. The van der Waals surface area contributed by atoms with Crippen molar-refractivity contribution in [3.63, 3.8) is 0 Å². The molecule has 230 valence electrons. The van der Waals surface area contributed by atoms with E-state index in [0.29, 0.717) is 40.1 Å². The number of hydrogen-bond donors (Lipinski definition) is 1. The quantitative estimate of drug-likeness (QED) is 0.169. The predicted octanol–water partition coefficient (Wildman–Crippen LogP) is 6.92. The minimum atomic E-state index is -4.21. The highest BCUT2D eigenvalue weighted by Gasteiger charge is 2.33. The lowest BCUT2D eigenvalue weighted by molar-refractivity contribution is -0.139. The number of amides is 2. The summed E-state index contributed by atoms with van der Waals surface area (Å²) in [5.74, 6) is 0.0976. The van der Waals surface area contributed by atoms with E-state index in [2.05, 4.69) is 5.32 Å². The van der Waals surface area contributed by atoms with Crippen LogP contribution in [0.1, 0.15) is 25.8 Å². The van der Waals surface area contributed by atoms with Crippen molar-refractivity contribution in [1.29, 1.82) is 0 Å². The van der Waals surface area contributed by atoms with Crippen LogP contribution in [-0.2, 0) is 26.2 Å². The van der Waals surface area contributed by atoms with Gasteiger partial charge in [-0.25, -0.2) is 8.42 Å². The van der Waals surface area contributed by atoms with Crippen molar-refractivity contribution >= 4 is 50.7 Å². The van der Waals surface area contributed by atoms with Gasteiger partial charge in [0.25, 0.3) is 10.0 Å². The lowest BCUT2D eigenvalue weighted by atomic mass is 10.1. The highest BCUT2D eigenvalue weighted by molar-refractivity contribution is 7.92. The van der Waals surface area contributed by atoms with Gasteiger partial charge in [-0.15, -0.1) is 0 Å². The van der Waals surface area contributed by atoms with Crippen LogP contribution < -0.4 is 14.4 Å². The van der Waals surface area contributed by atoms with Gasteiger partial charge in [-0.3, -0.25) is 13.9 Å². The van der Waals surface area contributed by atoms with Crippen molar-refractivity contribution in [2.75, 3.05) is 17.4 Å². The molecule has 4 aromatic rings. The second-order valence-corrected chi connectivity index (χ2v) is 12.6. The molecule has 44 heavy (non-hydrogen) atoms. The SMILES string of the molecule is CCCNC(=O)[C@H](C)N(Cc1c(Cl)cccc1Cl)C(=O)CN(c1ccc(Oc2ccccc2)cc1)S(=O)(=O)c1ccccc1. The third kappa shape index (κ3) is 8.11. The Kier molecular flexibility index (Phi) is 11.3. The minimum Gasteiger partial charge on any atom is -0.457 e. The van der Waals surface area contributed by atoms with Crippen molar-refractivity contribution in [2.45, 2.75) is 37.8 Å². The molecule has 1 N–H and O–H groups in total. The first kappa shape index (κ1) is 32.9. The fraction of sp³-hybridized carbons (Fsp3) is 0.212. The molecule has 0 saturated heterocycles. The van der Waals surface area contributed by atoms with E-state index in [1.165, 1.54) is 17.0 Å². The number of nitrogens with one attached hydrogen (secondary N) is 1. The standard InChI is InChI=1S/C33H33Cl2N3O5S/c1-3-21-36-33(40)24(2)37(22-29-30(34)15-10-16-31(29)35)32(39)23-38(44(41,42)28-13-8-5-9-14-28)25-17-19-27(20-18-25)43-26-11-6-4-7-12-26/h4-20,24H,3,21-23H2,1-2H3,(H,36,40)/t24-/m0/s1. The predicted molar refractivity (Wildman–Crippen MR) is 174 cm³/mol. The summed E-state index contributed by atoms with van der Waals surface area (Å²) in [6, 6.07) is 27.4. The van der Waals surface area contributed by atoms with Crippen LogP contribution in [-0.4, -0.2) is 44.3 Å². The fourth-order valence-electron chi connectivity index (χ4n) is 4.39. The number of carbonyl (C=O) groups excluding carboxylic acids is 2. The number of para-hydroxylation sites is 1. The number of benzene rings is 4. The van der Waals surface area contributed by atoms with Crippen LogP contribution in [0, 0.1) is 0 Å². The Morgan fingerprint density at radius 3 is 1.98 bits per heavy atom. The Hall–Kier alpha value is -4.05. The number of anilines is 1. The number of nitrogens with zero attached hydrogens (tertiary/aromatic N) is 2. The Morgan fingerprint density at radius 1 is 0.818 bits per heavy atom. The van der Waals surface area contributed by atoms with Crippen LogP contribution in [0.5, 0.6) is 11.5 Å². The molecule has 11 heteroatoms. The maximum Gasteiger partial charge on any atom is 0.264 e. The minimum absolute atomic E-state index is 0.00634. The van der Waals surface area contributed by atoms with Gasteiger partial charge < -0.3 is 15.0 Å². The van der Waals surface area contributed by atoms with Crippen LogP contribution in [0.4, 0.5) is 5.69 Å². The van der Waals surface area contributed by atoms with Crippen molar-refractivity contribution in [1.82, 2.24) is 10.2 Å². The highest BCUT2D eigenvalue weighted by atomic mass is 35.5. The van der Waals surface area contributed by atoms with E-state index in [1.807, 2.05) is 25.1 Å². The van der Waals surface area contributed by atoms with Crippen LogP contribution in [0.25, 0.3) is 0 Å². The fourth-order valence-corrected chi connectivity index (χ4v) is 6.34. The van der Waals surface area contributed by atoms with Crippen LogP contribution in [0.3, 0.4) is 0 Å². The highest BCUT2D eigenvalue weighted by Crippen LogP contribution is 2.30. The smallest absolute Gasteiger partial charge is 0.264 e. The summed E-state index contributed by atoms with van der Waals surface area (Å²) in [6.45, 7) is 3.22. The van der Waals surface area contributed by atoms with Gasteiger partial charge in [0, 0.05) is 28.7 Å². The first-order chi connectivity index (χ1) is 21.1. The van der Waals surface area contributed by atoms with Crippen LogP contribution >= 0.6 is 23.2 Å². The summed E-state index contributed by atoms with van der Waals surface area (Å²) < 4.78 is 34.9. The van der Waals surface area contributed by atoms with Gasteiger partial charge in [0.15, 0.2) is 0 Å². The van der Waals surface area contributed by atoms with Gasteiger partial charge in [0.2, 0.25) is 11.8 Å². The molecule has 0 aliphatic carbocycles. The Morgan fingerprint density at radius 2 is 1.39 bits per heavy atom. The van der Waals surface area contributed by atoms with Gasteiger partial charge in [-0.2, -0.15) is 0 Å². The van der Waals surface area contributed by atoms with E-state index < -0.39 is 28.5 Å². The second kappa shape index (κ2) is 15.1. The normalized spacial score (nSPS) is 11.8. The van der Waals surface area contributed by atoms with Gasteiger partial charge in [0.05, 0.1) is 10.6 Å². The average Bonchev–Trinajstić information content (AvgIpc) is 3.03. The molecule has 4 aromatic carbocycles. The summed E-state index contributed by atoms with van der Waals surface area (Å²) in [5, 5.41) is 3.44. The molecule has 1 atom stereocenters. The zero-order chi connectivity index (χ0) is 31.7. The van der Waals surface area contributed by atoms with Crippen molar-refractivity contribution < 1.29 is 22.7 Å². The van der Waals surface area contributed by atoms with E-state index in [4.69, 9.17) is 27.9 Å². The Labute approximate surface area is 268 Å². The van der Waals surface area contributed by atoms with Crippen LogP contribution in [0.15, 0.2) is 108 Å².